The fourth-order valence-electron chi connectivity index (χ4n) is 3.93. The lowest BCUT2D eigenvalue weighted by molar-refractivity contribution is -0.130. The number of carbonyl (C=O) groups is 1. The summed E-state index contributed by atoms with van der Waals surface area (Å²) in [5.74, 6) is 2.64. The van der Waals surface area contributed by atoms with E-state index in [-0.39, 0.29) is 5.91 Å². The topological polar surface area (TPSA) is 60.2 Å². The molecule has 2 aromatic carbocycles. The fourth-order valence-corrected chi connectivity index (χ4v) is 4.79. The average molecular weight is 437 g/mol. The van der Waals surface area contributed by atoms with Gasteiger partial charge in [-0.25, -0.2) is 0 Å². The smallest absolute Gasteiger partial charge is 0.233 e. The first-order valence-corrected chi connectivity index (χ1v) is 11.6. The van der Waals surface area contributed by atoms with Crippen molar-refractivity contribution in [2.45, 2.75) is 31.8 Å². The number of amides is 1. The third-order valence-corrected chi connectivity index (χ3v) is 6.49. The number of carbonyl (C=O) groups excluding carboxylic acids is 1. The number of nitrogens with zero attached hydrogens (tertiary/aromatic N) is 4. The molecule has 1 aromatic heterocycles. The van der Waals surface area contributed by atoms with Gasteiger partial charge in [0.15, 0.2) is 11.0 Å². The van der Waals surface area contributed by atoms with E-state index in [1.54, 1.807) is 7.11 Å². The standard InChI is InChI=1S/C24H28N4O2S/c1-17-6-4-8-19(14-17)23-25-26-24(28(23)20-9-11-21(30-3)12-10-20)31-16-22(29)27-13-5-7-18(2)15-27/h4,6,8-12,14,18H,5,7,13,15-16H2,1-3H3. The van der Waals surface area contributed by atoms with Crippen molar-refractivity contribution in [2.75, 3.05) is 26.0 Å². The fraction of sp³-hybridized carbons (Fsp3) is 0.375. The summed E-state index contributed by atoms with van der Waals surface area (Å²) < 4.78 is 7.33. The van der Waals surface area contributed by atoms with Crippen LogP contribution < -0.4 is 4.74 Å². The summed E-state index contributed by atoms with van der Waals surface area (Å²) in [6.07, 6.45) is 2.28. The van der Waals surface area contributed by atoms with Gasteiger partial charge >= 0.3 is 0 Å². The molecule has 1 atom stereocenters. The molecule has 7 heteroatoms. The maximum Gasteiger partial charge on any atom is 0.233 e. The van der Waals surface area contributed by atoms with Crippen LogP contribution in [0.5, 0.6) is 5.75 Å². The van der Waals surface area contributed by atoms with Crippen molar-refractivity contribution >= 4 is 17.7 Å². The van der Waals surface area contributed by atoms with E-state index in [2.05, 4.69) is 36.2 Å². The number of likely N-dealkylation sites (tertiary alicyclic amines) is 1. The Morgan fingerprint density at radius 3 is 2.71 bits per heavy atom. The average Bonchev–Trinajstić information content (AvgIpc) is 3.21. The summed E-state index contributed by atoms with van der Waals surface area (Å²) in [6, 6.07) is 16.0. The Morgan fingerprint density at radius 1 is 1.19 bits per heavy atom. The minimum Gasteiger partial charge on any atom is -0.497 e. The zero-order chi connectivity index (χ0) is 21.8. The van der Waals surface area contributed by atoms with Crippen LogP contribution in [0.1, 0.15) is 25.3 Å². The molecule has 1 aliphatic rings. The number of ether oxygens (including phenoxy) is 1. The zero-order valence-electron chi connectivity index (χ0n) is 18.2. The minimum atomic E-state index is 0.165. The van der Waals surface area contributed by atoms with Crippen molar-refractivity contribution in [3.05, 3.63) is 54.1 Å². The van der Waals surface area contributed by atoms with Gasteiger partial charge in [0, 0.05) is 24.3 Å². The Hall–Kier alpha value is -2.80. The molecule has 31 heavy (non-hydrogen) atoms. The van der Waals surface area contributed by atoms with Crippen LogP contribution in [0, 0.1) is 12.8 Å². The van der Waals surface area contributed by atoms with Crippen molar-refractivity contribution in [2.24, 2.45) is 5.92 Å². The van der Waals surface area contributed by atoms with Crippen LogP contribution in [0.2, 0.25) is 0 Å². The van der Waals surface area contributed by atoms with Crippen molar-refractivity contribution in [1.82, 2.24) is 19.7 Å². The Morgan fingerprint density at radius 2 is 2.00 bits per heavy atom. The Bertz CT molecular complexity index is 1050. The minimum absolute atomic E-state index is 0.165. The molecule has 0 N–H and O–H groups in total. The number of aryl methyl sites for hydroxylation is 1. The van der Waals surface area contributed by atoms with E-state index >= 15 is 0 Å². The molecule has 3 aromatic rings. The normalized spacial score (nSPS) is 16.4. The lowest BCUT2D eigenvalue weighted by atomic mass is 10.0. The summed E-state index contributed by atoms with van der Waals surface area (Å²) in [7, 11) is 1.65. The zero-order valence-corrected chi connectivity index (χ0v) is 19.1. The third kappa shape index (κ3) is 4.93. The molecule has 1 amide bonds. The van der Waals surface area contributed by atoms with E-state index < -0.39 is 0 Å². The number of aromatic nitrogens is 3. The molecule has 4 rings (SSSR count). The van der Waals surface area contributed by atoms with E-state index in [4.69, 9.17) is 4.74 Å². The number of piperidine rings is 1. The lowest BCUT2D eigenvalue weighted by Crippen LogP contribution is -2.40. The number of hydrogen-bond donors (Lipinski definition) is 0. The highest BCUT2D eigenvalue weighted by Gasteiger charge is 2.23. The highest BCUT2D eigenvalue weighted by atomic mass is 32.2. The van der Waals surface area contributed by atoms with E-state index in [0.717, 1.165) is 47.9 Å². The van der Waals surface area contributed by atoms with Gasteiger partial charge in [-0.05, 0) is 56.0 Å². The second kappa shape index (κ2) is 9.56. The van der Waals surface area contributed by atoms with Gasteiger partial charge in [0.2, 0.25) is 5.91 Å². The first-order chi connectivity index (χ1) is 15.0. The molecule has 6 nitrogen and oxygen atoms in total. The van der Waals surface area contributed by atoms with Gasteiger partial charge in [-0.15, -0.1) is 10.2 Å². The predicted octanol–water partition coefficient (Wildman–Crippen LogP) is 4.60. The van der Waals surface area contributed by atoms with Crippen molar-refractivity contribution in [3.8, 4) is 22.8 Å². The molecule has 1 saturated heterocycles. The number of thioether (sulfide) groups is 1. The van der Waals surface area contributed by atoms with Crippen LogP contribution in [-0.2, 0) is 4.79 Å². The third-order valence-electron chi connectivity index (χ3n) is 5.57. The molecule has 162 valence electrons. The maximum atomic E-state index is 12.8. The SMILES string of the molecule is COc1ccc(-n2c(SCC(=O)N3CCCC(C)C3)nnc2-c2cccc(C)c2)cc1. The van der Waals surface area contributed by atoms with Crippen molar-refractivity contribution in [1.29, 1.82) is 0 Å². The van der Waals surface area contributed by atoms with Gasteiger partial charge in [0.25, 0.3) is 0 Å². The Balaban J connectivity index is 1.63. The lowest BCUT2D eigenvalue weighted by Gasteiger charge is -2.30. The van der Waals surface area contributed by atoms with E-state index in [1.807, 2.05) is 45.9 Å². The van der Waals surface area contributed by atoms with E-state index in [1.165, 1.54) is 18.2 Å². The van der Waals surface area contributed by atoms with E-state index in [0.29, 0.717) is 16.8 Å². The van der Waals surface area contributed by atoms with Gasteiger partial charge in [0.1, 0.15) is 5.75 Å². The molecule has 0 bridgehead atoms. The largest absolute Gasteiger partial charge is 0.497 e. The van der Waals surface area contributed by atoms with Gasteiger partial charge < -0.3 is 9.64 Å². The summed E-state index contributed by atoms with van der Waals surface area (Å²) in [4.78, 5) is 14.8. The van der Waals surface area contributed by atoms with Gasteiger partial charge in [-0.2, -0.15) is 0 Å². The van der Waals surface area contributed by atoms with Crippen LogP contribution >= 0.6 is 11.8 Å². The molecule has 1 unspecified atom stereocenters. The summed E-state index contributed by atoms with van der Waals surface area (Å²) in [5, 5.41) is 9.64. The summed E-state index contributed by atoms with van der Waals surface area (Å²) >= 11 is 1.44. The van der Waals surface area contributed by atoms with Crippen LogP contribution in [0.4, 0.5) is 0 Å². The number of hydrogen-bond acceptors (Lipinski definition) is 5. The predicted molar refractivity (Wildman–Crippen MR) is 124 cm³/mol. The molecular weight excluding hydrogens is 408 g/mol. The molecule has 2 heterocycles. The number of rotatable bonds is 6. The van der Waals surface area contributed by atoms with Crippen LogP contribution in [0.3, 0.4) is 0 Å². The molecule has 0 radical (unpaired) electrons. The quantitative estimate of drug-likeness (QED) is 0.529. The first kappa shape index (κ1) is 21.4. The molecular formula is C24H28N4O2S. The monoisotopic (exact) mass is 436 g/mol. The van der Waals surface area contributed by atoms with Crippen LogP contribution in [0.25, 0.3) is 17.1 Å². The maximum absolute atomic E-state index is 12.8. The van der Waals surface area contributed by atoms with Crippen LogP contribution in [-0.4, -0.2) is 51.5 Å². The molecule has 0 saturated carbocycles. The van der Waals surface area contributed by atoms with Gasteiger partial charge in [0.05, 0.1) is 12.9 Å². The van der Waals surface area contributed by atoms with Crippen molar-refractivity contribution in [3.63, 3.8) is 0 Å². The summed E-state index contributed by atoms with van der Waals surface area (Å²) in [5.41, 5.74) is 3.08. The molecule has 1 aliphatic heterocycles. The van der Waals surface area contributed by atoms with E-state index in [9.17, 15) is 4.79 Å². The molecule has 1 fully saturated rings. The second-order valence-electron chi connectivity index (χ2n) is 8.08. The van der Waals surface area contributed by atoms with Crippen molar-refractivity contribution < 1.29 is 9.53 Å². The second-order valence-corrected chi connectivity index (χ2v) is 9.03. The Kier molecular flexibility index (Phi) is 6.61. The van der Waals surface area contributed by atoms with Gasteiger partial charge in [-0.1, -0.05) is 42.4 Å². The number of methoxy groups -OCH3 is 1. The van der Waals surface area contributed by atoms with Gasteiger partial charge in [-0.3, -0.25) is 9.36 Å². The first-order valence-electron chi connectivity index (χ1n) is 10.6. The Labute approximate surface area is 187 Å². The highest BCUT2D eigenvalue weighted by molar-refractivity contribution is 7.99. The molecule has 0 spiro atoms. The summed E-state index contributed by atoms with van der Waals surface area (Å²) in [6.45, 7) is 5.97. The highest BCUT2D eigenvalue weighted by Crippen LogP contribution is 2.29. The number of benzene rings is 2. The molecule has 0 aliphatic carbocycles. The van der Waals surface area contributed by atoms with Crippen LogP contribution in [0.15, 0.2) is 53.7 Å².